The van der Waals surface area contributed by atoms with Crippen molar-refractivity contribution in [2.45, 2.75) is 19.4 Å². The fourth-order valence-electron chi connectivity index (χ4n) is 3.02. The van der Waals surface area contributed by atoms with E-state index in [4.69, 9.17) is 0 Å². The van der Waals surface area contributed by atoms with E-state index in [9.17, 15) is 14.4 Å². The zero-order valence-electron chi connectivity index (χ0n) is 13.0. The smallest absolute Gasteiger partial charge is 0.322 e. The number of anilines is 1. The van der Waals surface area contributed by atoms with Gasteiger partial charge in [-0.25, -0.2) is 4.79 Å². The summed E-state index contributed by atoms with van der Waals surface area (Å²) in [6.45, 7) is 4.85. The van der Waals surface area contributed by atoms with Crippen LogP contribution in [0.4, 0.5) is 10.5 Å². The molecule has 7 nitrogen and oxygen atoms in total. The van der Waals surface area contributed by atoms with Crippen molar-refractivity contribution in [3.63, 3.8) is 0 Å². The van der Waals surface area contributed by atoms with E-state index in [1.165, 1.54) is 11.3 Å². The molecule has 1 atom stereocenters. The number of nitrogens with one attached hydrogen (secondary N) is 2. The van der Waals surface area contributed by atoms with Gasteiger partial charge < -0.3 is 15.1 Å². The molecule has 0 aromatic heterocycles. The van der Waals surface area contributed by atoms with Crippen molar-refractivity contribution in [1.29, 1.82) is 0 Å². The maximum atomic E-state index is 12.3. The quantitative estimate of drug-likeness (QED) is 0.783. The molecule has 0 radical (unpaired) electrons. The van der Waals surface area contributed by atoms with Gasteiger partial charge in [0.25, 0.3) is 5.91 Å². The summed E-state index contributed by atoms with van der Waals surface area (Å²) in [4.78, 5) is 38.9. The van der Waals surface area contributed by atoms with Crippen LogP contribution in [0.25, 0.3) is 0 Å². The molecule has 0 aliphatic carbocycles. The first kappa shape index (κ1) is 15.3. The molecule has 2 aliphatic rings. The third-order valence-electron chi connectivity index (χ3n) is 4.33. The summed E-state index contributed by atoms with van der Waals surface area (Å²) in [6, 6.07) is 6.92. The van der Waals surface area contributed by atoms with E-state index in [0.717, 1.165) is 13.1 Å². The molecule has 2 fully saturated rings. The lowest BCUT2D eigenvalue weighted by Crippen LogP contribution is -2.50. The average Bonchev–Trinajstić information content (AvgIpc) is 2.85. The molecular formula is C16H20N4O3. The van der Waals surface area contributed by atoms with Gasteiger partial charge in [-0.05, 0) is 18.6 Å². The van der Waals surface area contributed by atoms with Crippen LogP contribution < -0.4 is 15.5 Å². The number of rotatable bonds is 3. The van der Waals surface area contributed by atoms with Crippen LogP contribution in [0.1, 0.15) is 12.0 Å². The summed E-state index contributed by atoms with van der Waals surface area (Å²) >= 11 is 0. The van der Waals surface area contributed by atoms with Gasteiger partial charge in [0.1, 0.15) is 6.04 Å². The molecular weight excluding hydrogens is 296 g/mol. The average molecular weight is 316 g/mol. The molecule has 122 valence electrons. The molecule has 2 N–H and O–H groups in total. The largest absolute Gasteiger partial charge is 0.368 e. The van der Waals surface area contributed by atoms with Crippen LogP contribution in [0, 0.1) is 6.92 Å². The molecule has 1 aromatic rings. The molecule has 2 heterocycles. The lowest BCUT2D eigenvalue weighted by molar-refractivity contribution is -0.134. The highest BCUT2D eigenvalue weighted by Crippen LogP contribution is 2.21. The van der Waals surface area contributed by atoms with E-state index >= 15 is 0 Å². The summed E-state index contributed by atoms with van der Waals surface area (Å²) in [5.74, 6) is -0.529. The molecule has 0 unspecified atom stereocenters. The van der Waals surface area contributed by atoms with Crippen molar-refractivity contribution in [3.05, 3.63) is 29.8 Å². The molecule has 2 saturated heterocycles. The van der Waals surface area contributed by atoms with Gasteiger partial charge in [0.15, 0.2) is 0 Å². The molecule has 1 aromatic carbocycles. The van der Waals surface area contributed by atoms with Crippen molar-refractivity contribution < 1.29 is 14.4 Å². The second kappa shape index (κ2) is 6.28. The molecule has 0 saturated carbocycles. The van der Waals surface area contributed by atoms with Gasteiger partial charge in [-0.3, -0.25) is 14.9 Å². The van der Waals surface area contributed by atoms with Gasteiger partial charge in [0.05, 0.1) is 6.42 Å². The number of hydrogen-bond donors (Lipinski definition) is 2. The van der Waals surface area contributed by atoms with Gasteiger partial charge in [-0.15, -0.1) is 0 Å². The zero-order valence-corrected chi connectivity index (χ0v) is 13.0. The van der Waals surface area contributed by atoms with Crippen molar-refractivity contribution in [1.82, 2.24) is 15.5 Å². The minimum Gasteiger partial charge on any atom is -0.368 e. The molecule has 3 rings (SSSR count). The van der Waals surface area contributed by atoms with E-state index < -0.39 is 18.0 Å². The summed E-state index contributed by atoms with van der Waals surface area (Å²) in [5, 5.41) is 4.60. The fourth-order valence-corrected chi connectivity index (χ4v) is 3.02. The molecule has 7 heteroatoms. The van der Waals surface area contributed by atoms with Crippen molar-refractivity contribution in [2.75, 3.05) is 31.1 Å². The van der Waals surface area contributed by atoms with E-state index in [-0.39, 0.29) is 12.3 Å². The molecule has 0 bridgehead atoms. The highest BCUT2D eigenvalue weighted by Gasteiger charge is 2.33. The van der Waals surface area contributed by atoms with Gasteiger partial charge in [0.2, 0.25) is 5.91 Å². The van der Waals surface area contributed by atoms with Crippen LogP contribution in [0.5, 0.6) is 0 Å². The van der Waals surface area contributed by atoms with E-state index in [2.05, 4.69) is 34.6 Å². The number of amides is 4. The maximum absolute atomic E-state index is 12.3. The van der Waals surface area contributed by atoms with Gasteiger partial charge >= 0.3 is 6.03 Å². The van der Waals surface area contributed by atoms with Crippen molar-refractivity contribution in [3.8, 4) is 0 Å². The normalized spacial score (nSPS) is 21.2. The molecule has 0 spiro atoms. The fraction of sp³-hybridized carbons (Fsp3) is 0.438. The number of benzene rings is 1. The van der Waals surface area contributed by atoms with Crippen LogP contribution in [0.15, 0.2) is 24.3 Å². The van der Waals surface area contributed by atoms with E-state index in [1.807, 2.05) is 12.1 Å². The van der Waals surface area contributed by atoms with Crippen LogP contribution in [0.2, 0.25) is 0 Å². The predicted molar refractivity (Wildman–Crippen MR) is 85.1 cm³/mol. The maximum Gasteiger partial charge on any atom is 0.322 e. The number of nitrogens with zero attached hydrogens (tertiary/aromatic N) is 2. The Bertz CT molecular complexity index is 638. The van der Waals surface area contributed by atoms with E-state index in [0.29, 0.717) is 13.1 Å². The first-order valence-electron chi connectivity index (χ1n) is 7.74. The summed E-state index contributed by atoms with van der Waals surface area (Å²) in [6.07, 6.45) is 0.0158. The monoisotopic (exact) mass is 316 g/mol. The topological polar surface area (TPSA) is 81.8 Å². The van der Waals surface area contributed by atoms with Crippen LogP contribution in [-0.4, -0.2) is 55.0 Å². The third-order valence-corrected chi connectivity index (χ3v) is 4.33. The Morgan fingerprint density at radius 2 is 1.87 bits per heavy atom. The number of para-hydroxylation sites is 1. The number of piperazine rings is 1. The van der Waals surface area contributed by atoms with Gasteiger partial charge in [0, 0.05) is 31.9 Å². The Hall–Kier alpha value is -2.57. The van der Waals surface area contributed by atoms with Crippen LogP contribution in [0.3, 0.4) is 0 Å². The second-order valence-corrected chi connectivity index (χ2v) is 5.87. The van der Waals surface area contributed by atoms with Gasteiger partial charge in [-0.2, -0.15) is 0 Å². The Labute approximate surface area is 134 Å². The molecule has 2 aliphatic heterocycles. The third kappa shape index (κ3) is 3.28. The Morgan fingerprint density at radius 1 is 1.17 bits per heavy atom. The highest BCUT2D eigenvalue weighted by atomic mass is 16.2. The second-order valence-electron chi connectivity index (χ2n) is 5.87. The highest BCUT2D eigenvalue weighted by molar-refractivity contribution is 6.05. The zero-order chi connectivity index (χ0) is 16.4. The van der Waals surface area contributed by atoms with Crippen molar-refractivity contribution in [2.24, 2.45) is 0 Å². The molecule has 4 amide bonds. The SMILES string of the molecule is Cc1ccccc1N1CCN(C(=O)C[C@H]2NC(=O)NC2=O)CC1. The minimum absolute atomic E-state index is 0.0158. The Morgan fingerprint density at radius 3 is 2.48 bits per heavy atom. The Balaban J connectivity index is 1.54. The summed E-state index contributed by atoms with van der Waals surface area (Å²) < 4.78 is 0. The predicted octanol–water partition coefficient (Wildman–Crippen LogP) is 0.242. The standard InChI is InChI=1S/C16H20N4O3/c1-11-4-2-3-5-13(11)19-6-8-20(9-7-19)14(21)10-12-15(22)18-16(23)17-12/h2-5,12H,6-10H2,1H3,(H2,17,18,22,23)/t12-/m1/s1. The minimum atomic E-state index is -0.746. The number of urea groups is 1. The first-order valence-corrected chi connectivity index (χ1v) is 7.74. The summed E-state index contributed by atoms with van der Waals surface area (Å²) in [7, 11) is 0. The number of hydrogen-bond acceptors (Lipinski definition) is 4. The van der Waals surface area contributed by atoms with E-state index in [1.54, 1.807) is 4.90 Å². The number of carbonyl (C=O) groups excluding carboxylic acids is 3. The Kier molecular flexibility index (Phi) is 4.18. The number of carbonyl (C=O) groups is 3. The lowest BCUT2D eigenvalue weighted by atomic mass is 10.1. The van der Waals surface area contributed by atoms with Gasteiger partial charge in [-0.1, -0.05) is 18.2 Å². The number of imide groups is 1. The summed E-state index contributed by atoms with van der Waals surface area (Å²) in [5.41, 5.74) is 2.42. The first-order chi connectivity index (χ1) is 11.0. The van der Waals surface area contributed by atoms with Crippen LogP contribution >= 0.6 is 0 Å². The van der Waals surface area contributed by atoms with Crippen LogP contribution in [-0.2, 0) is 9.59 Å². The molecule has 23 heavy (non-hydrogen) atoms. The number of aryl methyl sites for hydroxylation is 1. The lowest BCUT2D eigenvalue weighted by Gasteiger charge is -2.37. The van der Waals surface area contributed by atoms with Crippen molar-refractivity contribution >= 4 is 23.5 Å².